The largest absolute Gasteiger partial charge is 0.401 e. The van der Waals surface area contributed by atoms with Crippen LogP contribution >= 0.6 is 0 Å². The molecule has 0 radical (unpaired) electrons. The Morgan fingerprint density at radius 1 is 1.14 bits per heavy atom. The van der Waals surface area contributed by atoms with Crippen molar-refractivity contribution in [1.82, 2.24) is 9.80 Å². The number of carbonyl (C=O) groups excluding carboxylic acids is 1. The summed E-state index contributed by atoms with van der Waals surface area (Å²) in [7, 11) is 0. The van der Waals surface area contributed by atoms with Crippen LogP contribution < -0.4 is 0 Å². The van der Waals surface area contributed by atoms with Crippen molar-refractivity contribution in [3.8, 4) is 12.3 Å². The molecule has 0 N–H and O–H groups in total. The van der Waals surface area contributed by atoms with Gasteiger partial charge in [-0.1, -0.05) is 5.92 Å². The molecule has 0 aliphatic carbocycles. The fourth-order valence-electron chi connectivity index (χ4n) is 2.25. The molecule has 1 aromatic carbocycles. The number of benzene rings is 1. The first-order valence-corrected chi connectivity index (χ1v) is 6.54. The second-order valence-corrected chi connectivity index (χ2v) is 4.91. The van der Waals surface area contributed by atoms with Gasteiger partial charge in [0.25, 0.3) is 5.91 Å². The summed E-state index contributed by atoms with van der Waals surface area (Å²) in [6, 6.07) is 6.62. The van der Waals surface area contributed by atoms with E-state index in [-0.39, 0.29) is 19.0 Å². The molecule has 0 aromatic heterocycles. The van der Waals surface area contributed by atoms with Crippen molar-refractivity contribution >= 4 is 5.91 Å². The van der Waals surface area contributed by atoms with Crippen molar-refractivity contribution in [1.29, 1.82) is 0 Å². The Hall–Kier alpha value is -2.00. The van der Waals surface area contributed by atoms with E-state index in [1.165, 1.54) is 4.90 Å². The molecule has 1 amide bonds. The van der Waals surface area contributed by atoms with Gasteiger partial charge in [0.1, 0.15) is 0 Å². The molecule has 0 atom stereocenters. The van der Waals surface area contributed by atoms with Crippen LogP contribution in [-0.4, -0.2) is 54.6 Å². The van der Waals surface area contributed by atoms with Crippen molar-refractivity contribution in [3.63, 3.8) is 0 Å². The van der Waals surface area contributed by atoms with E-state index in [1.807, 2.05) is 0 Å². The summed E-state index contributed by atoms with van der Waals surface area (Å²) in [6.07, 6.45) is 1.04. The number of hydrogen-bond donors (Lipinski definition) is 0. The van der Waals surface area contributed by atoms with Gasteiger partial charge in [-0.2, -0.15) is 13.2 Å². The first-order chi connectivity index (χ1) is 9.89. The molecule has 1 heterocycles. The number of terminal acetylenes is 1. The zero-order valence-electron chi connectivity index (χ0n) is 11.4. The van der Waals surface area contributed by atoms with Gasteiger partial charge in [0.2, 0.25) is 0 Å². The quantitative estimate of drug-likeness (QED) is 0.779. The number of alkyl halides is 3. The summed E-state index contributed by atoms with van der Waals surface area (Å²) in [5.74, 6) is 2.29. The van der Waals surface area contributed by atoms with Gasteiger partial charge in [-0.15, -0.1) is 6.42 Å². The lowest BCUT2D eigenvalue weighted by Crippen LogP contribution is -2.50. The SMILES string of the molecule is C#Cc1ccc(C(=O)N2CCN(CC(F)(F)F)CC2)cc1. The van der Waals surface area contributed by atoms with Crippen LogP contribution in [0.3, 0.4) is 0 Å². The van der Waals surface area contributed by atoms with Crippen LogP contribution in [0.4, 0.5) is 13.2 Å². The molecule has 1 aliphatic heterocycles. The van der Waals surface area contributed by atoms with Gasteiger partial charge in [0.15, 0.2) is 0 Å². The third-order valence-corrected chi connectivity index (χ3v) is 3.36. The molecule has 1 aliphatic rings. The molecule has 112 valence electrons. The predicted molar refractivity (Wildman–Crippen MR) is 72.8 cm³/mol. The molecule has 1 aromatic rings. The summed E-state index contributed by atoms with van der Waals surface area (Å²) < 4.78 is 36.9. The molecule has 3 nitrogen and oxygen atoms in total. The van der Waals surface area contributed by atoms with Crippen molar-refractivity contribution in [3.05, 3.63) is 35.4 Å². The van der Waals surface area contributed by atoms with E-state index in [2.05, 4.69) is 5.92 Å². The molecule has 1 saturated heterocycles. The minimum absolute atomic E-state index is 0.176. The Labute approximate surface area is 121 Å². The average molecular weight is 296 g/mol. The normalized spacial score (nSPS) is 16.6. The first-order valence-electron chi connectivity index (χ1n) is 6.54. The van der Waals surface area contributed by atoms with Crippen molar-refractivity contribution in [2.75, 3.05) is 32.7 Å². The monoisotopic (exact) mass is 296 g/mol. The predicted octanol–water partition coefficient (Wildman–Crippen LogP) is 1.99. The highest BCUT2D eigenvalue weighted by Crippen LogP contribution is 2.18. The number of amides is 1. The van der Waals surface area contributed by atoms with E-state index < -0.39 is 12.7 Å². The number of nitrogens with zero attached hydrogens (tertiary/aromatic N) is 2. The van der Waals surface area contributed by atoms with Crippen LogP contribution in [0.1, 0.15) is 15.9 Å². The van der Waals surface area contributed by atoms with Gasteiger partial charge >= 0.3 is 6.18 Å². The van der Waals surface area contributed by atoms with E-state index in [9.17, 15) is 18.0 Å². The van der Waals surface area contributed by atoms with Crippen molar-refractivity contribution in [2.24, 2.45) is 0 Å². The van der Waals surface area contributed by atoms with Gasteiger partial charge in [0.05, 0.1) is 6.54 Å². The topological polar surface area (TPSA) is 23.6 Å². The van der Waals surface area contributed by atoms with E-state index in [1.54, 1.807) is 29.2 Å². The van der Waals surface area contributed by atoms with Gasteiger partial charge < -0.3 is 4.90 Å². The molecule has 0 spiro atoms. The van der Waals surface area contributed by atoms with Crippen LogP contribution in [0.25, 0.3) is 0 Å². The minimum Gasteiger partial charge on any atom is -0.336 e. The van der Waals surface area contributed by atoms with Gasteiger partial charge in [-0.05, 0) is 24.3 Å². The van der Waals surface area contributed by atoms with Gasteiger partial charge in [0, 0.05) is 37.3 Å². The van der Waals surface area contributed by atoms with Crippen LogP contribution in [-0.2, 0) is 0 Å². The maximum atomic E-state index is 12.3. The Balaban J connectivity index is 1.92. The highest BCUT2D eigenvalue weighted by Gasteiger charge is 2.32. The second kappa shape index (κ2) is 6.19. The molecule has 6 heteroatoms. The number of carbonyl (C=O) groups is 1. The zero-order chi connectivity index (χ0) is 15.5. The number of hydrogen-bond acceptors (Lipinski definition) is 2. The first kappa shape index (κ1) is 15.4. The highest BCUT2D eigenvalue weighted by atomic mass is 19.4. The smallest absolute Gasteiger partial charge is 0.336 e. The lowest BCUT2D eigenvalue weighted by Gasteiger charge is -2.35. The van der Waals surface area contributed by atoms with E-state index in [4.69, 9.17) is 6.42 Å². The summed E-state index contributed by atoms with van der Waals surface area (Å²) in [6.45, 7) is 0.130. The molecular weight excluding hydrogens is 281 g/mol. The summed E-state index contributed by atoms with van der Waals surface area (Å²) in [4.78, 5) is 15.1. The third-order valence-electron chi connectivity index (χ3n) is 3.36. The van der Waals surface area contributed by atoms with Gasteiger partial charge in [-0.25, -0.2) is 0 Å². The highest BCUT2D eigenvalue weighted by molar-refractivity contribution is 5.94. The molecule has 1 fully saturated rings. The summed E-state index contributed by atoms with van der Waals surface area (Å²) in [5.41, 5.74) is 1.18. The van der Waals surface area contributed by atoms with Crippen LogP contribution in [0.15, 0.2) is 24.3 Å². The van der Waals surface area contributed by atoms with Crippen molar-refractivity contribution in [2.45, 2.75) is 6.18 Å². The van der Waals surface area contributed by atoms with Crippen molar-refractivity contribution < 1.29 is 18.0 Å². The Morgan fingerprint density at radius 2 is 1.71 bits per heavy atom. The average Bonchev–Trinajstić information content (AvgIpc) is 2.46. The number of rotatable bonds is 2. The molecular formula is C15H15F3N2O. The Kier molecular flexibility index (Phi) is 4.53. The Morgan fingerprint density at radius 3 is 2.19 bits per heavy atom. The second-order valence-electron chi connectivity index (χ2n) is 4.91. The van der Waals surface area contributed by atoms with E-state index in [0.29, 0.717) is 24.2 Å². The van der Waals surface area contributed by atoms with Crippen LogP contribution in [0.5, 0.6) is 0 Å². The number of piperazine rings is 1. The number of halogens is 3. The molecule has 0 unspecified atom stereocenters. The zero-order valence-corrected chi connectivity index (χ0v) is 11.4. The van der Waals surface area contributed by atoms with E-state index >= 15 is 0 Å². The molecule has 2 rings (SSSR count). The molecule has 21 heavy (non-hydrogen) atoms. The lowest BCUT2D eigenvalue weighted by molar-refractivity contribution is -0.148. The molecule has 0 saturated carbocycles. The maximum absolute atomic E-state index is 12.3. The fraction of sp³-hybridized carbons (Fsp3) is 0.400. The summed E-state index contributed by atoms with van der Waals surface area (Å²) >= 11 is 0. The lowest BCUT2D eigenvalue weighted by atomic mass is 10.1. The third kappa shape index (κ3) is 4.23. The van der Waals surface area contributed by atoms with Crippen LogP contribution in [0, 0.1) is 12.3 Å². The summed E-state index contributed by atoms with van der Waals surface area (Å²) in [5, 5.41) is 0. The molecule has 0 bridgehead atoms. The van der Waals surface area contributed by atoms with Gasteiger partial charge in [-0.3, -0.25) is 9.69 Å². The Bertz CT molecular complexity index is 538. The maximum Gasteiger partial charge on any atom is 0.401 e. The van der Waals surface area contributed by atoms with Crippen LogP contribution in [0.2, 0.25) is 0 Å². The van der Waals surface area contributed by atoms with E-state index in [0.717, 1.165) is 0 Å². The fourth-order valence-corrected chi connectivity index (χ4v) is 2.25. The standard InChI is InChI=1S/C15H15F3N2O/c1-2-12-3-5-13(6-4-12)14(21)20-9-7-19(8-10-20)11-15(16,17)18/h1,3-6H,7-11H2. The minimum atomic E-state index is -4.20.